The van der Waals surface area contributed by atoms with Gasteiger partial charge in [0.05, 0.1) is 5.56 Å². The number of nitrogens with one attached hydrogen (secondary N) is 2. The summed E-state index contributed by atoms with van der Waals surface area (Å²) in [7, 11) is 1.77. The molecular weight excluding hydrogens is 404 g/mol. The minimum absolute atomic E-state index is 0.0410. The molecule has 0 atom stereocenters. The summed E-state index contributed by atoms with van der Waals surface area (Å²) in [6.45, 7) is 4.24. The second-order valence-corrected chi connectivity index (χ2v) is 7.67. The molecule has 0 fully saturated rings. The number of carbonyl (C=O) groups excluding carboxylic acids is 3. The quantitative estimate of drug-likeness (QED) is 0.597. The third-order valence-electron chi connectivity index (χ3n) is 5.06. The van der Waals surface area contributed by atoms with Crippen LogP contribution in [0.2, 0.25) is 0 Å². The van der Waals surface area contributed by atoms with Gasteiger partial charge in [-0.1, -0.05) is 18.2 Å². The molecule has 0 saturated heterocycles. The van der Waals surface area contributed by atoms with Gasteiger partial charge in [-0.15, -0.1) is 0 Å². The first kappa shape index (κ1) is 22.7. The summed E-state index contributed by atoms with van der Waals surface area (Å²) in [5.41, 5.74) is 2.86. The molecule has 2 N–H and O–H groups in total. The Labute approximate surface area is 187 Å². The van der Waals surface area contributed by atoms with Gasteiger partial charge in [0.2, 0.25) is 0 Å². The molecule has 0 spiro atoms. The van der Waals surface area contributed by atoms with Crippen LogP contribution >= 0.6 is 0 Å². The number of rotatable bonds is 7. The zero-order valence-electron chi connectivity index (χ0n) is 18.3. The molecule has 0 unspecified atom stereocenters. The maximum atomic E-state index is 12.6. The number of benzene rings is 2. The van der Waals surface area contributed by atoms with Gasteiger partial charge in [0, 0.05) is 48.8 Å². The zero-order chi connectivity index (χ0) is 23.1. The summed E-state index contributed by atoms with van der Waals surface area (Å²) in [5.74, 6) is -0.601. The molecule has 3 amide bonds. The summed E-state index contributed by atoms with van der Waals surface area (Å²) < 4.78 is 0. The van der Waals surface area contributed by atoms with Crippen LogP contribution in [-0.4, -0.2) is 40.7 Å². The van der Waals surface area contributed by atoms with Gasteiger partial charge in [0.25, 0.3) is 17.7 Å². The highest BCUT2D eigenvalue weighted by Gasteiger charge is 2.14. The molecule has 0 aliphatic rings. The monoisotopic (exact) mass is 430 g/mol. The Kier molecular flexibility index (Phi) is 7.33. The van der Waals surface area contributed by atoms with Gasteiger partial charge in [-0.05, 0) is 61.9 Å². The number of amides is 3. The molecule has 1 aromatic heterocycles. The van der Waals surface area contributed by atoms with E-state index in [9.17, 15) is 14.4 Å². The SMILES string of the molecule is CC(C)N(C)C(=O)c1ccc(CNC(=O)c2cccc(NC(=O)c3cccnc3)c2)cc1. The molecular formula is C25H26N4O3. The van der Waals surface area contributed by atoms with E-state index in [1.807, 2.05) is 26.0 Å². The van der Waals surface area contributed by atoms with E-state index in [0.717, 1.165) is 5.56 Å². The Morgan fingerprint density at radius 3 is 2.28 bits per heavy atom. The number of nitrogens with zero attached hydrogens (tertiary/aromatic N) is 2. The number of pyridine rings is 1. The Bertz CT molecular complexity index is 1100. The lowest BCUT2D eigenvalue weighted by Crippen LogP contribution is -2.32. The van der Waals surface area contributed by atoms with Gasteiger partial charge in [0.1, 0.15) is 0 Å². The standard InChI is InChI=1S/C25H26N4O3/c1-17(2)29(3)25(32)19-11-9-18(10-12-19)15-27-23(30)20-6-4-8-22(14-20)28-24(31)21-7-5-13-26-16-21/h4-14,16-17H,15H2,1-3H3,(H,27,30)(H,28,31). The highest BCUT2D eigenvalue weighted by molar-refractivity contribution is 6.05. The highest BCUT2D eigenvalue weighted by Crippen LogP contribution is 2.13. The first-order chi connectivity index (χ1) is 15.3. The van der Waals surface area contributed by atoms with Crippen LogP contribution in [0.4, 0.5) is 5.69 Å². The smallest absolute Gasteiger partial charge is 0.257 e. The molecule has 7 nitrogen and oxygen atoms in total. The van der Waals surface area contributed by atoms with Crippen molar-refractivity contribution in [3.63, 3.8) is 0 Å². The van der Waals surface area contributed by atoms with Crippen molar-refractivity contribution in [2.45, 2.75) is 26.4 Å². The second kappa shape index (κ2) is 10.3. The van der Waals surface area contributed by atoms with Crippen LogP contribution in [0.5, 0.6) is 0 Å². The lowest BCUT2D eigenvalue weighted by molar-refractivity contribution is 0.0754. The first-order valence-corrected chi connectivity index (χ1v) is 10.3. The van der Waals surface area contributed by atoms with E-state index in [1.165, 1.54) is 6.20 Å². The van der Waals surface area contributed by atoms with Crippen LogP contribution < -0.4 is 10.6 Å². The molecule has 1 heterocycles. The minimum atomic E-state index is -0.298. The molecule has 3 aromatic rings. The van der Waals surface area contributed by atoms with Gasteiger partial charge in [0.15, 0.2) is 0 Å². The Hall–Kier alpha value is -4.00. The molecule has 32 heavy (non-hydrogen) atoms. The lowest BCUT2D eigenvalue weighted by atomic mass is 10.1. The van der Waals surface area contributed by atoms with Gasteiger partial charge in [-0.25, -0.2) is 0 Å². The fraction of sp³-hybridized carbons (Fsp3) is 0.200. The third kappa shape index (κ3) is 5.78. The summed E-state index contributed by atoms with van der Waals surface area (Å²) in [6.07, 6.45) is 3.07. The number of anilines is 1. The van der Waals surface area contributed by atoms with Crippen molar-refractivity contribution in [2.24, 2.45) is 0 Å². The van der Waals surface area contributed by atoms with Crippen molar-refractivity contribution in [1.29, 1.82) is 0 Å². The van der Waals surface area contributed by atoms with Crippen molar-refractivity contribution < 1.29 is 14.4 Å². The van der Waals surface area contributed by atoms with Gasteiger partial charge in [-0.2, -0.15) is 0 Å². The van der Waals surface area contributed by atoms with Gasteiger partial charge >= 0.3 is 0 Å². The molecule has 0 bridgehead atoms. The summed E-state index contributed by atoms with van der Waals surface area (Å²) in [6, 6.07) is 17.4. The lowest BCUT2D eigenvalue weighted by Gasteiger charge is -2.21. The second-order valence-electron chi connectivity index (χ2n) is 7.67. The summed E-state index contributed by atoms with van der Waals surface area (Å²) >= 11 is 0. The normalized spacial score (nSPS) is 10.5. The largest absolute Gasteiger partial charge is 0.348 e. The number of aromatic nitrogens is 1. The summed E-state index contributed by atoms with van der Waals surface area (Å²) in [4.78, 5) is 42.8. The van der Waals surface area contributed by atoms with E-state index in [0.29, 0.717) is 28.9 Å². The van der Waals surface area contributed by atoms with Crippen molar-refractivity contribution >= 4 is 23.4 Å². The predicted molar refractivity (Wildman–Crippen MR) is 123 cm³/mol. The van der Waals surface area contributed by atoms with Crippen LogP contribution in [0.1, 0.15) is 50.5 Å². The van der Waals surface area contributed by atoms with E-state index in [2.05, 4.69) is 15.6 Å². The van der Waals surface area contributed by atoms with Crippen molar-refractivity contribution in [3.8, 4) is 0 Å². The van der Waals surface area contributed by atoms with E-state index in [4.69, 9.17) is 0 Å². The van der Waals surface area contributed by atoms with E-state index < -0.39 is 0 Å². The maximum Gasteiger partial charge on any atom is 0.257 e. The van der Waals surface area contributed by atoms with Crippen LogP contribution in [0.25, 0.3) is 0 Å². The molecule has 7 heteroatoms. The molecule has 3 rings (SSSR count). The number of carbonyl (C=O) groups is 3. The van der Waals surface area contributed by atoms with Gasteiger partial charge < -0.3 is 15.5 Å². The fourth-order valence-corrected chi connectivity index (χ4v) is 2.93. The molecule has 0 radical (unpaired) electrons. The average Bonchev–Trinajstić information content (AvgIpc) is 2.82. The summed E-state index contributed by atoms with van der Waals surface area (Å²) in [5, 5.41) is 5.63. The fourth-order valence-electron chi connectivity index (χ4n) is 2.93. The van der Waals surface area contributed by atoms with E-state index >= 15 is 0 Å². The maximum absolute atomic E-state index is 12.6. The highest BCUT2D eigenvalue weighted by atomic mass is 16.2. The molecule has 0 aliphatic heterocycles. The molecule has 164 valence electrons. The first-order valence-electron chi connectivity index (χ1n) is 10.3. The van der Waals surface area contributed by atoms with Crippen molar-refractivity contribution in [2.75, 3.05) is 12.4 Å². The zero-order valence-corrected chi connectivity index (χ0v) is 18.3. The molecule has 2 aromatic carbocycles. The predicted octanol–water partition coefficient (Wildman–Crippen LogP) is 3.74. The van der Waals surface area contributed by atoms with Crippen molar-refractivity contribution in [3.05, 3.63) is 95.3 Å². The minimum Gasteiger partial charge on any atom is -0.348 e. The van der Waals surface area contributed by atoms with Gasteiger partial charge in [-0.3, -0.25) is 19.4 Å². The van der Waals surface area contributed by atoms with Crippen LogP contribution in [-0.2, 0) is 6.54 Å². The van der Waals surface area contributed by atoms with E-state index in [1.54, 1.807) is 66.7 Å². The average molecular weight is 431 g/mol. The number of hydrogen-bond acceptors (Lipinski definition) is 4. The molecule has 0 saturated carbocycles. The van der Waals surface area contributed by atoms with E-state index in [-0.39, 0.29) is 23.8 Å². The Balaban J connectivity index is 1.59. The van der Waals surface area contributed by atoms with Crippen LogP contribution in [0.15, 0.2) is 73.1 Å². The topological polar surface area (TPSA) is 91.4 Å². The Morgan fingerprint density at radius 2 is 1.62 bits per heavy atom. The number of hydrogen-bond donors (Lipinski definition) is 2. The van der Waals surface area contributed by atoms with Crippen LogP contribution in [0, 0.1) is 0 Å². The Morgan fingerprint density at radius 1 is 0.906 bits per heavy atom. The van der Waals surface area contributed by atoms with Crippen molar-refractivity contribution in [1.82, 2.24) is 15.2 Å². The molecule has 0 aliphatic carbocycles. The van der Waals surface area contributed by atoms with Crippen LogP contribution in [0.3, 0.4) is 0 Å². The third-order valence-corrected chi connectivity index (χ3v) is 5.06.